The zero-order valence-corrected chi connectivity index (χ0v) is 23.8. The van der Waals surface area contributed by atoms with Crippen LogP contribution in [-0.4, -0.2) is 49.6 Å². The Kier molecular flexibility index (Phi) is 6.61. The molecule has 0 atom stereocenters. The van der Waals surface area contributed by atoms with E-state index in [-0.39, 0.29) is 39.7 Å². The summed E-state index contributed by atoms with van der Waals surface area (Å²) in [5.41, 5.74) is 1.36. The number of amides is 1. The third-order valence-corrected chi connectivity index (χ3v) is 8.28. The molecule has 3 heterocycles. The van der Waals surface area contributed by atoms with Gasteiger partial charge >= 0.3 is 0 Å². The van der Waals surface area contributed by atoms with E-state index in [1.54, 1.807) is 12.1 Å². The van der Waals surface area contributed by atoms with Crippen molar-refractivity contribution in [2.75, 3.05) is 24.7 Å². The molecule has 0 aliphatic heterocycles. The van der Waals surface area contributed by atoms with E-state index in [0.29, 0.717) is 27.5 Å². The molecule has 6 rings (SSSR count). The molecule has 0 radical (unpaired) electrons. The highest BCUT2D eigenvalue weighted by atomic mass is 32.2. The predicted octanol–water partition coefficient (Wildman–Crippen LogP) is 5.03. The highest BCUT2D eigenvalue weighted by molar-refractivity contribution is 7.92. The molecule has 3 N–H and O–H groups in total. The smallest absolute Gasteiger partial charge is 0.255 e. The molecule has 0 fully saturated rings. The van der Waals surface area contributed by atoms with Crippen LogP contribution in [0.5, 0.6) is 0 Å². The van der Waals surface area contributed by atoms with Crippen LogP contribution >= 0.6 is 0 Å². The number of aromatic amines is 2. The van der Waals surface area contributed by atoms with Gasteiger partial charge in [0.15, 0.2) is 5.82 Å². The number of halogens is 2. The quantitative estimate of drug-likeness (QED) is 0.244. The van der Waals surface area contributed by atoms with Gasteiger partial charge < -0.3 is 19.7 Å². The Labute approximate surface area is 243 Å². The minimum absolute atomic E-state index is 0.0804. The Balaban J connectivity index is 1.64. The van der Waals surface area contributed by atoms with E-state index < -0.39 is 33.1 Å². The molecule has 3 aromatic heterocycles. The van der Waals surface area contributed by atoms with Crippen LogP contribution in [0.1, 0.15) is 10.4 Å². The minimum atomic E-state index is -3.82. The van der Waals surface area contributed by atoms with Crippen LogP contribution in [-0.2, 0) is 10.0 Å². The van der Waals surface area contributed by atoms with Gasteiger partial charge in [-0.05, 0) is 48.5 Å². The summed E-state index contributed by atoms with van der Waals surface area (Å²) in [6, 6.07) is 15.5. The molecule has 3 aromatic carbocycles. The summed E-state index contributed by atoms with van der Waals surface area (Å²) >= 11 is 0. The third kappa shape index (κ3) is 4.93. The average Bonchev–Trinajstić information content (AvgIpc) is 3.58. The Morgan fingerprint density at radius 1 is 1.00 bits per heavy atom. The molecule has 0 saturated heterocycles. The molecule has 0 unspecified atom stereocenters. The van der Waals surface area contributed by atoms with Gasteiger partial charge in [0.05, 0.1) is 28.9 Å². The lowest BCUT2D eigenvalue weighted by Gasteiger charge is -2.20. The number of benzene rings is 3. The van der Waals surface area contributed by atoms with Crippen molar-refractivity contribution in [1.82, 2.24) is 20.3 Å². The number of carbonyl (C=O) groups excluding carboxylic acids is 1. The predicted molar refractivity (Wildman–Crippen MR) is 159 cm³/mol. The lowest BCUT2D eigenvalue weighted by molar-refractivity contribution is 0.0964. The van der Waals surface area contributed by atoms with Crippen molar-refractivity contribution in [1.29, 1.82) is 0 Å². The summed E-state index contributed by atoms with van der Waals surface area (Å²) in [6.07, 6.45) is 1.01. The molecule has 1 amide bonds. The van der Waals surface area contributed by atoms with Crippen molar-refractivity contribution in [3.63, 3.8) is 0 Å². The number of anilines is 1. The topological polar surface area (TPSA) is 141 Å². The highest BCUT2D eigenvalue weighted by Gasteiger charge is 2.26. The number of nitrogens with zero attached hydrogens (tertiary/aromatic N) is 2. The van der Waals surface area contributed by atoms with E-state index in [4.69, 9.17) is 4.42 Å². The van der Waals surface area contributed by atoms with Crippen molar-refractivity contribution >= 4 is 43.5 Å². The lowest BCUT2D eigenvalue weighted by Crippen LogP contribution is -2.25. The number of sulfonamides is 1. The highest BCUT2D eigenvalue weighted by Crippen LogP contribution is 2.41. The van der Waals surface area contributed by atoms with Crippen LogP contribution < -0.4 is 15.2 Å². The number of hydrogen-bond acceptors (Lipinski definition) is 6. The molecule has 0 bridgehead atoms. The maximum Gasteiger partial charge on any atom is 0.255 e. The normalized spacial score (nSPS) is 11.7. The van der Waals surface area contributed by atoms with Crippen LogP contribution in [0.3, 0.4) is 0 Å². The van der Waals surface area contributed by atoms with E-state index in [1.165, 1.54) is 68.7 Å². The maximum atomic E-state index is 14.4. The first-order chi connectivity index (χ1) is 20.4. The summed E-state index contributed by atoms with van der Waals surface area (Å²) in [7, 11) is -1.05. The first-order valence-electron chi connectivity index (χ1n) is 12.9. The Hall–Kier alpha value is -5.30. The monoisotopic (exact) mass is 603 g/mol. The van der Waals surface area contributed by atoms with E-state index in [1.807, 2.05) is 0 Å². The van der Waals surface area contributed by atoms with Gasteiger partial charge in [0.1, 0.15) is 23.0 Å². The average molecular weight is 604 g/mol. The van der Waals surface area contributed by atoms with Gasteiger partial charge in [-0.25, -0.2) is 22.2 Å². The van der Waals surface area contributed by atoms with Gasteiger partial charge in [0, 0.05) is 53.6 Å². The molecule has 6 aromatic rings. The van der Waals surface area contributed by atoms with Crippen LogP contribution in [0.2, 0.25) is 0 Å². The first kappa shape index (κ1) is 27.8. The van der Waals surface area contributed by atoms with Crippen molar-refractivity contribution in [3.8, 4) is 34.1 Å². The molecular formula is C30H23F2N5O5S. The zero-order valence-electron chi connectivity index (χ0n) is 23.0. The number of carbonyl (C=O) groups is 1. The molecule has 43 heavy (non-hydrogen) atoms. The summed E-state index contributed by atoms with van der Waals surface area (Å²) in [6.45, 7) is 0. The van der Waals surface area contributed by atoms with Gasteiger partial charge in [-0.2, -0.15) is 0 Å². The maximum absolute atomic E-state index is 14.4. The Bertz CT molecular complexity index is 2240. The standard InChI is InChI=1S/C30H23F2N5O5S/c1-33-30(39)27-19-11-18(22-13-26(38)36-29(35-22)23-12-17-20(32)5-4-6-21(17)34-23)24(37(2)43(3,40)41)14-25(19)42-28(27)15-7-9-16(31)10-8-15/h4-14,34H,1-3H3,(H,33,39)(H,35,36,38). The number of aromatic nitrogens is 3. The number of fused-ring (bicyclic) bond motifs is 2. The fourth-order valence-electron chi connectivity index (χ4n) is 4.90. The number of nitrogens with one attached hydrogen (secondary N) is 3. The molecule has 0 aliphatic rings. The first-order valence-corrected chi connectivity index (χ1v) is 14.7. The molecule has 10 nitrogen and oxygen atoms in total. The van der Waals surface area contributed by atoms with E-state index in [2.05, 4.69) is 20.3 Å². The number of rotatable bonds is 6. The van der Waals surface area contributed by atoms with Crippen molar-refractivity contribution in [3.05, 3.63) is 94.3 Å². The van der Waals surface area contributed by atoms with E-state index in [9.17, 15) is 26.8 Å². The number of H-pyrrole nitrogens is 2. The van der Waals surface area contributed by atoms with Crippen molar-refractivity contribution in [2.45, 2.75) is 0 Å². The molecule has 0 aliphatic carbocycles. The third-order valence-electron chi connectivity index (χ3n) is 7.09. The summed E-state index contributed by atoms with van der Waals surface area (Å²) < 4.78 is 60.5. The zero-order chi connectivity index (χ0) is 30.6. The molecule has 0 saturated carbocycles. The second-order valence-electron chi connectivity index (χ2n) is 9.85. The minimum Gasteiger partial charge on any atom is -0.455 e. The van der Waals surface area contributed by atoms with Crippen LogP contribution in [0.25, 0.3) is 56.0 Å². The van der Waals surface area contributed by atoms with E-state index >= 15 is 0 Å². The second kappa shape index (κ2) is 10.2. The van der Waals surface area contributed by atoms with Gasteiger partial charge in [0.25, 0.3) is 11.5 Å². The molecule has 0 spiro atoms. The SMILES string of the molecule is CNC(=O)c1c(-c2ccc(F)cc2)oc2cc(N(C)S(C)(=O)=O)c(-c3cc(=O)[nH]c(-c4cc5c(F)cccc5[nH]4)n3)cc12. The molecule has 13 heteroatoms. The van der Waals surface area contributed by atoms with Crippen molar-refractivity contribution in [2.24, 2.45) is 0 Å². The Morgan fingerprint density at radius 3 is 2.42 bits per heavy atom. The molecular weight excluding hydrogens is 580 g/mol. The number of hydrogen-bond donors (Lipinski definition) is 3. The van der Waals surface area contributed by atoms with Gasteiger partial charge in [-0.1, -0.05) is 6.07 Å². The molecule has 218 valence electrons. The van der Waals surface area contributed by atoms with Gasteiger partial charge in [-0.15, -0.1) is 0 Å². The summed E-state index contributed by atoms with van der Waals surface area (Å²) in [5.74, 6) is -1.22. The van der Waals surface area contributed by atoms with Crippen molar-refractivity contribution < 1.29 is 26.4 Å². The summed E-state index contributed by atoms with van der Waals surface area (Å²) in [5, 5.41) is 3.17. The van der Waals surface area contributed by atoms with Crippen LogP contribution in [0.15, 0.2) is 75.9 Å². The fraction of sp³-hybridized carbons (Fsp3) is 0.100. The summed E-state index contributed by atoms with van der Waals surface area (Å²) in [4.78, 5) is 36.3. The fourth-order valence-corrected chi connectivity index (χ4v) is 5.41. The lowest BCUT2D eigenvalue weighted by atomic mass is 10.0. The van der Waals surface area contributed by atoms with Gasteiger partial charge in [-0.3, -0.25) is 13.9 Å². The van der Waals surface area contributed by atoms with Crippen LogP contribution in [0, 0.1) is 11.6 Å². The van der Waals surface area contributed by atoms with Crippen LogP contribution in [0.4, 0.5) is 14.5 Å². The largest absolute Gasteiger partial charge is 0.455 e. The van der Waals surface area contributed by atoms with Gasteiger partial charge in [0.2, 0.25) is 10.0 Å². The Morgan fingerprint density at radius 2 is 1.74 bits per heavy atom. The number of furan rings is 1. The van der Waals surface area contributed by atoms with E-state index in [0.717, 1.165) is 10.6 Å². The second-order valence-corrected chi connectivity index (χ2v) is 11.9.